The number of benzene rings is 3. The molecule has 3 aromatic carbocycles. The highest BCUT2D eigenvalue weighted by atomic mass is 35.5. The summed E-state index contributed by atoms with van der Waals surface area (Å²) in [6.07, 6.45) is 4.50. The van der Waals surface area contributed by atoms with E-state index in [1.54, 1.807) is 12.1 Å². The molecule has 0 aromatic heterocycles. The molecule has 200 valence electrons. The fourth-order valence-electron chi connectivity index (χ4n) is 5.22. The number of hydrogen-bond donors (Lipinski definition) is 1. The number of nitrogens with one attached hydrogen (secondary N) is 1. The minimum Gasteiger partial charge on any atom is -0.355 e. The van der Waals surface area contributed by atoms with Crippen LogP contribution in [0, 0.1) is 11.2 Å². The van der Waals surface area contributed by atoms with Gasteiger partial charge in [0.15, 0.2) is 0 Å². The lowest BCUT2D eigenvalue weighted by Gasteiger charge is -2.41. The summed E-state index contributed by atoms with van der Waals surface area (Å²) in [7, 11) is 0. The van der Waals surface area contributed by atoms with Crippen LogP contribution in [0.3, 0.4) is 0 Å². The fourth-order valence-corrected chi connectivity index (χ4v) is 5.43. The maximum atomic E-state index is 13.6. The van der Waals surface area contributed by atoms with Crippen LogP contribution in [0.5, 0.6) is 0 Å². The standard InChI is InChI=1S/C32H36ClFN2O2/c1-2-24-6-8-26(9-7-24)16-19-35-31(38)32(23-27-4-3-5-28(33)22-27)17-20-36(21-18-32)30(37)15-12-25-10-13-29(34)14-11-25/h3-11,13-14,22H,2,12,15-21,23H2,1H3,(H,35,38). The largest absolute Gasteiger partial charge is 0.355 e. The molecule has 1 aliphatic heterocycles. The maximum Gasteiger partial charge on any atom is 0.226 e. The first kappa shape index (κ1) is 27.8. The Kier molecular flexibility index (Phi) is 9.57. The lowest BCUT2D eigenvalue weighted by Crippen LogP contribution is -2.51. The van der Waals surface area contributed by atoms with Gasteiger partial charge in [-0.25, -0.2) is 4.39 Å². The van der Waals surface area contributed by atoms with Gasteiger partial charge in [0.2, 0.25) is 11.8 Å². The highest BCUT2D eigenvalue weighted by Crippen LogP contribution is 2.36. The molecule has 1 N–H and O–H groups in total. The van der Waals surface area contributed by atoms with E-state index in [0.29, 0.717) is 56.8 Å². The summed E-state index contributed by atoms with van der Waals surface area (Å²) < 4.78 is 13.2. The molecule has 1 saturated heterocycles. The second-order valence-electron chi connectivity index (χ2n) is 10.3. The number of hydrogen-bond acceptors (Lipinski definition) is 2. The van der Waals surface area contributed by atoms with Gasteiger partial charge in [0.05, 0.1) is 5.41 Å². The first-order chi connectivity index (χ1) is 18.4. The predicted octanol–water partition coefficient (Wildman–Crippen LogP) is 6.18. The van der Waals surface area contributed by atoms with Gasteiger partial charge in [0, 0.05) is 31.1 Å². The monoisotopic (exact) mass is 534 g/mol. The average Bonchev–Trinajstić information content (AvgIpc) is 2.93. The van der Waals surface area contributed by atoms with Crippen LogP contribution in [-0.2, 0) is 35.3 Å². The van der Waals surface area contributed by atoms with Gasteiger partial charge in [-0.05, 0) is 85.0 Å². The van der Waals surface area contributed by atoms with Gasteiger partial charge in [-0.15, -0.1) is 0 Å². The van der Waals surface area contributed by atoms with E-state index < -0.39 is 5.41 Å². The molecule has 0 radical (unpaired) electrons. The Bertz CT molecular complexity index is 1220. The van der Waals surface area contributed by atoms with Gasteiger partial charge in [-0.1, -0.05) is 67.1 Å². The quantitative estimate of drug-likeness (QED) is 0.337. The van der Waals surface area contributed by atoms with Crippen molar-refractivity contribution in [1.82, 2.24) is 10.2 Å². The van der Waals surface area contributed by atoms with Crippen molar-refractivity contribution in [2.45, 2.75) is 51.9 Å². The van der Waals surface area contributed by atoms with E-state index in [2.05, 4.69) is 36.5 Å². The lowest BCUT2D eigenvalue weighted by molar-refractivity contribution is -0.140. The Hall–Kier alpha value is -3.18. The second kappa shape index (κ2) is 13.1. The van der Waals surface area contributed by atoms with Crippen LogP contribution in [0.25, 0.3) is 0 Å². The molecule has 6 heteroatoms. The van der Waals surface area contributed by atoms with E-state index in [1.807, 2.05) is 29.2 Å². The molecule has 2 amide bonds. The van der Waals surface area contributed by atoms with Crippen LogP contribution >= 0.6 is 11.6 Å². The summed E-state index contributed by atoms with van der Waals surface area (Å²) in [6.45, 7) is 3.78. The summed E-state index contributed by atoms with van der Waals surface area (Å²) in [6, 6.07) is 22.5. The van der Waals surface area contributed by atoms with Gasteiger partial charge < -0.3 is 10.2 Å². The minimum atomic E-state index is -0.593. The molecule has 4 rings (SSSR count). The number of carbonyl (C=O) groups is 2. The van der Waals surface area contributed by atoms with Gasteiger partial charge in [0.25, 0.3) is 0 Å². The van der Waals surface area contributed by atoms with Crippen LogP contribution in [0.4, 0.5) is 4.39 Å². The van der Waals surface area contributed by atoms with Crippen molar-refractivity contribution >= 4 is 23.4 Å². The fraction of sp³-hybridized carbons (Fsp3) is 0.375. The zero-order valence-electron chi connectivity index (χ0n) is 22.0. The SMILES string of the molecule is CCc1ccc(CCNC(=O)C2(Cc3cccc(Cl)c3)CCN(C(=O)CCc3ccc(F)cc3)CC2)cc1. The normalized spacial score (nSPS) is 14.8. The smallest absolute Gasteiger partial charge is 0.226 e. The second-order valence-corrected chi connectivity index (χ2v) is 10.7. The van der Waals surface area contributed by atoms with Crippen molar-refractivity contribution in [3.63, 3.8) is 0 Å². The van der Waals surface area contributed by atoms with Crippen molar-refractivity contribution in [3.8, 4) is 0 Å². The minimum absolute atomic E-state index is 0.0427. The molecule has 0 spiro atoms. The van der Waals surface area contributed by atoms with E-state index in [4.69, 9.17) is 11.6 Å². The van der Waals surface area contributed by atoms with Crippen LogP contribution in [0.2, 0.25) is 5.02 Å². The highest BCUT2D eigenvalue weighted by molar-refractivity contribution is 6.30. The molecule has 0 unspecified atom stereocenters. The molecule has 0 aliphatic carbocycles. The molecule has 0 saturated carbocycles. The molecule has 0 bridgehead atoms. The van der Waals surface area contributed by atoms with Crippen molar-refractivity contribution in [3.05, 3.63) is 106 Å². The summed E-state index contributed by atoms with van der Waals surface area (Å²) >= 11 is 6.24. The number of rotatable bonds is 10. The number of amides is 2. The number of carbonyl (C=O) groups excluding carboxylic acids is 2. The number of nitrogens with zero attached hydrogens (tertiary/aromatic N) is 1. The van der Waals surface area contributed by atoms with Crippen LogP contribution < -0.4 is 5.32 Å². The first-order valence-corrected chi connectivity index (χ1v) is 13.9. The van der Waals surface area contributed by atoms with Gasteiger partial charge >= 0.3 is 0 Å². The van der Waals surface area contributed by atoms with Crippen molar-refractivity contribution in [2.75, 3.05) is 19.6 Å². The van der Waals surface area contributed by atoms with E-state index in [-0.39, 0.29) is 17.6 Å². The maximum absolute atomic E-state index is 13.6. The Morgan fingerprint density at radius 2 is 1.53 bits per heavy atom. The van der Waals surface area contributed by atoms with Crippen molar-refractivity contribution < 1.29 is 14.0 Å². The van der Waals surface area contributed by atoms with Gasteiger partial charge in [0.1, 0.15) is 5.82 Å². The molecular weight excluding hydrogens is 499 g/mol. The summed E-state index contributed by atoms with van der Waals surface area (Å²) in [5.41, 5.74) is 3.88. The third kappa shape index (κ3) is 7.44. The van der Waals surface area contributed by atoms with Gasteiger partial charge in [-0.2, -0.15) is 0 Å². The Balaban J connectivity index is 1.38. The summed E-state index contributed by atoms with van der Waals surface area (Å²) in [4.78, 5) is 28.4. The third-order valence-electron chi connectivity index (χ3n) is 7.66. The van der Waals surface area contributed by atoms with Crippen molar-refractivity contribution in [2.24, 2.45) is 5.41 Å². The molecule has 1 aliphatic rings. The number of piperidine rings is 1. The summed E-state index contributed by atoms with van der Waals surface area (Å²) in [5.74, 6) is -0.164. The van der Waals surface area contributed by atoms with Crippen LogP contribution in [0.1, 0.15) is 48.4 Å². The first-order valence-electron chi connectivity index (χ1n) is 13.5. The predicted molar refractivity (Wildman–Crippen MR) is 151 cm³/mol. The topological polar surface area (TPSA) is 49.4 Å². The molecule has 0 atom stereocenters. The molecule has 38 heavy (non-hydrogen) atoms. The van der Waals surface area contributed by atoms with E-state index in [1.165, 1.54) is 23.3 Å². The number of likely N-dealkylation sites (tertiary alicyclic amines) is 1. The molecule has 4 nitrogen and oxygen atoms in total. The average molecular weight is 535 g/mol. The summed E-state index contributed by atoms with van der Waals surface area (Å²) in [5, 5.41) is 3.85. The van der Waals surface area contributed by atoms with Crippen LogP contribution in [-0.4, -0.2) is 36.3 Å². The van der Waals surface area contributed by atoms with E-state index in [9.17, 15) is 14.0 Å². The molecule has 1 fully saturated rings. The van der Waals surface area contributed by atoms with Gasteiger partial charge in [-0.3, -0.25) is 9.59 Å². The number of halogens is 2. The van der Waals surface area contributed by atoms with E-state index in [0.717, 1.165) is 24.0 Å². The lowest BCUT2D eigenvalue weighted by atomic mass is 9.72. The Morgan fingerprint density at radius 3 is 2.18 bits per heavy atom. The van der Waals surface area contributed by atoms with Crippen molar-refractivity contribution in [1.29, 1.82) is 0 Å². The molecule has 1 heterocycles. The Labute approximate surface area is 230 Å². The zero-order valence-corrected chi connectivity index (χ0v) is 22.8. The molecule has 3 aromatic rings. The van der Waals surface area contributed by atoms with Crippen LogP contribution in [0.15, 0.2) is 72.8 Å². The van der Waals surface area contributed by atoms with E-state index >= 15 is 0 Å². The number of aryl methyl sites for hydroxylation is 2. The zero-order chi connectivity index (χ0) is 27.0. The third-order valence-corrected chi connectivity index (χ3v) is 7.89. The Morgan fingerprint density at radius 1 is 0.895 bits per heavy atom. The molecular formula is C32H36ClFN2O2. The highest BCUT2D eigenvalue weighted by Gasteiger charge is 2.42.